The Labute approximate surface area is 109 Å². The molecule has 0 amide bonds. The molecule has 1 atom stereocenters. The molecule has 0 bridgehead atoms. The van der Waals surface area contributed by atoms with Gasteiger partial charge in [-0.05, 0) is 26.0 Å². The van der Waals surface area contributed by atoms with Gasteiger partial charge in [0, 0.05) is 10.9 Å². The number of esters is 1. The summed E-state index contributed by atoms with van der Waals surface area (Å²) in [6.45, 7) is 3.61. The molecule has 0 aliphatic heterocycles. The summed E-state index contributed by atoms with van der Waals surface area (Å²) in [6, 6.07) is 3.16. The maximum absolute atomic E-state index is 11.4. The maximum Gasteiger partial charge on any atom is 0.516 e. The lowest BCUT2D eigenvalue weighted by atomic mass is 10.3. The van der Waals surface area contributed by atoms with Gasteiger partial charge in [0.25, 0.3) is 0 Å². The van der Waals surface area contributed by atoms with Gasteiger partial charge in [-0.3, -0.25) is 0 Å². The Morgan fingerprint density at radius 2 is 2.12 bits per heavy atom. The van der Waals surface area contributed by atoms with E-state index in [-0.39, 0.29) is 25.1 Å². The molecule has 0 aromatic carbocycles. The van der Waals surface area contributed by atoms with E-state index < -0.39 is 12.1 Å². The highest BCUT2D eigenvalue weighted by Crippen LogP contribution is 2.22. The molecule has 7 heteroatoms. The molecule has 1 aromatic heterocycles. The van der Waals surface area contributed by atoms with Gasteiger partial charge in [-0.2, -0.15) is 0 Å². The Kier molecular flexibility index (Phi) is 6.79. The van der Waals surface area contributed by atoms with Crippen LogP contribution in [0.15, 0.2) is 12.1 Å². The molecule has 2 N–H and O–H groups in total. The summed E-state index contributed by atoms with van der Waals surface area (Å²) < 4.78 is 8.93. The number of hydrogen-bond donors (Lipinski definition) is 1. The van der Waals surface area contributed by atoms with Crippen LogP contribution in [0.1, 0.15) is 34.4 Å². The standard InChI is InChI=1S/C10H13NO4S.ClH/c1-3-14-10(13)15-9(12)8-5-4-7(16-8)6(2)11;/h4-6H,3,11H2,1-2H3;1H. The van der Waals surface area contributed by atoms with Crippen LogP contribution in [0.4, 0.5) is 4.79 Å². The van der Waals surface area contributed by atoms with E-state index in [9.17, 15) is 9.59 Å². The van der Waals surface area contributed by atoms with E-state index in [0.29, 0.717) is 4.88 Å². The highest BCUT2D eigenvalue weighted by molar-refractivity contribution is 7.14. The number of halogens is 1. The zero-order valence-electron chi connectivity index (χ0n) is 9.47. The van der Waals surface area contributed by atoms with Crippen molar-refractivity contribution in [2.75, 3.05) is 6.61 Å². The average molecular weight is 280 g/mol. The van der Waals surface area contributed by atoms with Crippen LogP contribution < -0.4 is 5.73 Å². The Morgan fingerprint density at radius 3 is 2.59 bits per heavy atom. The van der Waals surface area contributed by atoms with Crippen molar-refractivity contribution in [1.29, 1.82) is 0 Å². The van der Waals surface area contributed by atoms with Crippen molar-refractivity contribution in [3.8, 4) is 0 Å². The summed E-state index contributed by atoms with van der Waals surface area (Å²) in [5.41, 5.74) is 5.64. The third-order valence-electron chi connectivity index (χ3n) is 1.71. The van der Waals surface area contributed by atoms with Crippen molar-refractivity contribution in [1.82, 2.24) is 0 Å². The van der Waals surface area contributed by atoms with Gasteiger partial charge in [0.1, 0.15) is 4.88 Å². The summed E-state index contributed by atoms with van der Waals surface area (Å²) in [4.78, 5) is 23.5. The molecule has 0 saturated carbocycles. The smallest absolute Gasteiger partial charge is 0.434 e. The molecule has 96 valence electrons. The monoisotopic (exact) mass is 279 g/mol. The Balaban J connectivity index is 0.00000256. The SMILES string of the molecule is CCOC(=O)OC(=O)c1ccc(C(C)N)s1.Cl. The molecule has 0 spiro atoms. The van der Waals surface area contributed by atoms with E-state index in [1.54, 1.807) is 19.1 Å². The first-order chi connectivity index (χ1) is 7.54. The second-order valence-corrected chi connectivity index (χ2v) is 4.18. The molecule has 0 aliphatic rings. The van der Waals surface area contributed by atoms with Gasteiger partial charge < -0.3 is 15.2 Å². The third-order valence-corrected chi connectivity index (χ3v) is 2.98. The average Bonchev–Trinajstić information content (AvgIpc) is 2.66. The third kappa shape index (κ3) is 4.72. The van der Waals surface area contributed by atoms with Crippen LogP contribution in [0.25, 0.3) is 0 Å². The second-order valence-electron chi connectivity index (χ2n) is 3.06. The molecule has 5 nitrogen and oxygen atoms in total. The summed E-state index contributed by atoms with van der Waals surface area (Å²) in [6.07, 6.45) is -0.983. The Morgan fingerprint density at radius 1 is 1.47 bits per heavy atom. The van der Waals surface area contributed by atoms with E-state index in [1.807, 2.05) is 6.92 Å². The number of hydrogen-bond acceptors (Lipinski definition) is 6. The van der Waals surface area contributed by atoms with E-state index in [0.717, 1.165) is 4.88 Å². The first kappa shape index (κ1) is 15.9. The Bertz CT molecular complexity index is 391. The number of carbonyl (C=O) groups excluding carboxylic acids is 2. The van der Waals surface area contributed by atoms with Gasteiger partial charge in [0.15, 0.2) is 0 Å². The van der Waals surface area contributed by atoms with Crippen molar-refractivity contribution >= 4 is 35.9 Å². The lowest BCUT2D eigenvalue weighted by molar-refractivity contribution is 0.0406. The highest BCUT2D eigenvalue weighted by atomic mass is 35.5. The first-order valence-electron chi connectivity index (χ1n) is 4.78. The lowest BCUT2D eigenvalue weighted by Gasteiger charge is -2.01. The normalized spacial score (nSPS) is 11.2. The van der Waals surface area contributed by atoms with Crippen molar-refractivity contribution in [3.63, 3.8) is 0 Å². The first-order valence-corrected chi connectivity index (χ1v) is 5.60. The molecular weight excluding hydrogens is 266 g/mol. The number of thiophene rings is 1. The topological polar surface area (TPSA) is 78.6 Å². The summed E-state index contributed by atoms with van der Waals surface area (Å²) in [5, 5.41) is 0. The van der Waals surface area contributed by atoms with Gasteiger partial charge in [-0.25, -0.2) is 9.59 Å². The van der Waals surface area contributed by atoms with Crippen LogP contribution in [-0.4, -0.2) is 18.7 Å². The number of ether oxygens (including phenoxy) is 2. The minimum absolute atomic E-state index is 0. The maximum atomic E-state index is 11.4. The molecule has 0 fully saturated rings. The van der Waals surface area contributed by atoms with Gasteiger partial charge in [0.05, 0.1) is 6.61 Å². The fourth-order valence-electron chi connectivity index (χ4n) is 0.981. The Hall–Kier alpha value is -1.11. The van der Waals surface area contributed by atoms with Gasteiger partial charge >= 0.3 is 12.1 Å². The van der Waals surface area contributed by atoms with E-state index >= 15 is 0 Å². The van der Waals surface area contributed by atoms with Crippen molar-refractivity contribution in [2.45, 2.75) is 19.9 Å². The molecule has 1 unspecified atom stereocenters. The summed E-state index contributed by atoms with van der Waals surface area (Å²) in [7, 11) is 0. The zero-order chi connectivity index (χ0) is 12.1. The van der Waals surface area contributed by atoms with E-state index in [1.165, 1.54) is 11.3 Å². The van der Waals surface area contributed by atoms with Crippen LogP contribution in [-0.2, 0) is 9.47 Å². The van der Waals surface area contributed by atoms with Crippen molar-refractivity contribution < 1.29 is 19.1 Å². The molecule has 0 radical (unpaired) electrons. The molecule has 0 aliphatic carbocycles. The predicted octanol–water partition coefficient (Wildman–Crippen LogP) is 2.50. The summed E-state index contributed by atoms with van der Waals surface area (Å²) in [5.74, 6) is -0.713. The predicted molar refractivity (Wildman–Crippen MR) is 66.6 cm³/mol. The summed E-state index contributed by atoms with van der Waals surface area (Å²) >= 11 is 1.20. The van der Waals surface area contributed by atoms with Gasteiger partial charge in [-0.15, -0.1) is 23.7 Å². The molecule has 1 heterocycles. The quantitative estimate of drug-likeness (QED) is 0.679. The number of rotatable bonds is 3. The largest absolute Gasteiger partial charge is 0.516 e. The lowest BCUT2D eigenvalue weighted by Crippen LogP contribution is -2.12. The van der Waals surface area contributed by atoms with Crippen molar-refractivity contribution in [2.24, 2.45) is 5.73 Å². The van der Waals surface area contributed by atoms with E-state index in [2.05, 4.69) is 9.47 Å². The van der Waals surface area contributed by atoms with Crippen LogP contribution >= 0.6 is 23.7 Å². The van der Waals surface area contributed by atoms with Crippen LogP contribution in [0.3, 0.4) is 0 Å². The van der Waals surface area contributed by atoms with Gasteiger partial charge in [0.2, 0.25) is 0 Å². The van der Waals surface area contributed by atoms with E-state index in [4.69, 9.17) is 5.73 Å². The molecule has 1 aromatic rings. The van der Waals surface area contributed by atoms with Gasteiger partial charge in [-0.1, -0.05) is 0 Å². The molecular formula is C10H14ClNO4S. The highest BCUT2D eigenvalue weighted by Gasteiger charge is 2.16. The zero-order valence-corrected chi connectivity index (χ0v) is 11.1. The molecule has 0 saturated heterocycles. The fraction of sp³-hybridized carbons (Fsp3) is 0.400. The minimum atomic E-state index is -0.983. The fourth-order valence-corrected chi connectivity index (χ4v) is 1.82. The molecule has 1 rings (SSSR count). The van der Waals surface area contributed by atoms with Crippen LogP contribution in [0, 0.1) is 0 Å². The molecule has 17 heavy (non-hydrogen) atoms. The number of nitrogens with two attached hydrogens (primary N) is 1. The van der Waals surface area contributed by atoms with Crippen LogP contribution in [0.2, 0.25) is 0 Å². The number of carbonyl (C=O) groups is 2. The minimum Gasteiger partial charge on any atom is -0.434 e. The second kappa shape index (κ2) is 7.26. The van der Waals surface area contributed by atoms with Crippen LogP contribution in [0.5, 0.6) is 0 Å². The van der Waals surface area contributed by atoms with Crippen molar-refractivity contribution in [3.05, 3.63) is 21.9 Å².